The van der Waals surface area contributed by atoms with Crippen molar-refractivity contribution in [2.24, 2.45) is 0 Å². The average molecular weight is 461 g/mol. The first-order chi connectivity index (χ1) is 15.1. The number of thiazole rings is 1. The van der Waals surface area contributed by atoms with E-state index in [4.69, 9.17) is 9.47 Å². The van der Waals surface area contributed by atoms with E-state index in [-0.39, 0.29) is 0 Å². The summed E-state index contributed by atoms with van der Waals surface area (Å²) in [5.41, 5.74) is 2.30. The topological polar surface area (TPSA) is 90.3 Å². The van der Waals surface area contributed by atoms with Gasteiger partial charge in [-0.2, -0.15) is 0 Å². The van der Waals surface area contributed by atoms with E-state index in [1.807, 2.05) is 18.2 Å². The van der Waals surface area contributed by atoms with Gasteiger partial charge in [0.05, 0.1) is 4.90 Å². The molecule has 3 N–H and O–H groups in total. The molecule has 0 amide bonds. The summed E-state index contributed by atoms with van der Waals surface area (Å²) in [5.74, 6) is 1.64. The van der Waals surface area contributed by atoms with Crippen LogP contribution in [-0.4, -0.2) is 52.0 Å². The van der Waals surface area contributed by atoms with E-state index in [0.29, 0.717) is 16.8 Å². The molecule has 0 saturated carbocycles. The largest absolute Gasteiger partial charge is 0.454 e. The van der Waals surface area contributed by atoms with Gasteiger partial charge < -0.3 is 14.4 Å². The third-order valence-corrected chi connectivity index (χ3v) is 7.63. The number of rotatable bonds is 6. The number of hydrogen-bond acceptors (Lipinski definition) is 9. The molecule has 2 aliphatic heterocycles. The molecule has 0 bridgehead atoms. The van der Waals surface area contributed by atoms with E-state index in [1.165, 1.54) is 16.9 Å². The fourth-order valence-electron chi connectivity index (χ4n) is 3.76. The van der Waals surface area contributed by atoms with Crippen LogP contribution in [0.1, 0.15) is 5.56 Å². The van der Waals surface area contributed by atoms with Gasteiger partial charge in [-0.1, -0.05) is 16.8 Å². The van der Waals surface area contributed by atoms with Crippen LogP contribution in [0.5, 0.6) is 11.5 Å². The second-order valence-corrected chi connectivity index (χ2v) is 10.1. The Morgan fingerprint density at radius 3 is 2.52 bits per heavy atom. The number of anilines is 2. The molecule has 3 heterocycles. The summed E-state index contributed by atoms with van der Waals surface area (Å²) in [7, 11) is -3.13. The highest BCUT2D eigenvalue weighted by atomic mass is 32.3. The van der Waals surface area contributed by atoms with Gasteiger partial charge in [0.1, 0.15) is 0 Å². The van der Waals surface area contributed by atoms with Crippen LogP contribution in [0.25, 0.3) is 0 Å². The number of ether oxygens (including phenoxy) is 2. The lowest BCUT2D eigenvalue weighted by Gasteiger charge is -2.37. The zero-order valence-corrected chi connectivity index (χ0v) is 18.4. The first-order valence-corrected chi connectivity index (χ1v) is 12.4. The maximum absolute atomic E-state index is 10.4. The molecular formula is C21H24N4O4S2. The minimum Gasteiger partial charge on any atom is -0.454 e. The molecule has 2 aromatic carbocycles. The van der Waals surface area contributed by atoms with E-state index < -0.39 is 10.8 Å². The molecule has 10 heteroatoms. The van der Waals surface area contributed by atoms with Crippen molar-refractivity contribution in [3.8, 4) is 11.5 Å². The second kappa shape index (κ2) is 8.56. The maximum Gasteiger partial charge on any atom is 0.231 e. The molecule has 31 heavy (non-hydrogen) atoms. The Morgan fingerprint density at radius 1 is 1.00 bits per heavy atom. The summed E-state index contributed by atoms with van der Waals surface area (Å²) in [4.78, 5) is 9.25. The van der Waals surface area contributed by atoms with E-state index >= 15 is 0 Å². The second-order valence-electron chi connectivity index (χ2n) is 7.43. The first-order valence-electron chi connectivity index (χ1n) is 9.98. The number of fused-ring (bicyclic) bond motifs is 1. The third-order valence-electron chi connectivity index (χ3n) is 5.41. The number of hydrogen-bond donors (Lipinski definition) is 3. The van der Waals surface area contributed by atoms with Crippen LogP contribution in [0.4, 0.5) is 10.8 Å². The Bertz CT molecular complexity index is 1020. The molecule has 0 spiro atoms. The molecule has 1 aromatic heterocycles. The van der Waals surface area contributed by atoms with Crippen molar-refractivity contribution in [1.82, 2.24) is 9.88 Å². The van der Waals surface area contributed by atoms with Crippen LogP contribution in [0.3, 0.4) is 0 Å². The van der Waals surface area contributed by atoms with Gasteiger partial charge in [0.15, 0.2) is 11.5 Å². The normalized spacial score (nSPS) is 17.0. The highest BCUT2D eigenvalue weighted by molar-refractivity contribution is 8.25. The molecule has 1 fully saturated rings. The molecule has 3 aromatic rings. The zero-order valence-electron chi connectivity index (χ0n) is 16.8. The zero-order chi connectivity index (χ0) is 21.3. The van der Waals surface area contributed by atoms with Gasteiger partial charge in [-0.3, -0.25) is 18.7 Å². The van der Waals surface area contributed by atoms with E-state index in [9.17, 15) is 9.11 Å². The van der Waals surface area contributed by atoms with Crippen LogP contribution < -0.4 is 19.1 Å². The molecule has 0 aliphatic carbocycles. The summed E-state index contributed by atoms with van der Waals surface area (Å²) in [6.07, 6.45) is 1.62. The van der Waals surface area contributed by atoms with Gasteiger partial charge in [0.25, 0.3) is 0 Å². The Hall–Kier alpha value is -2.50. The lowest BCUT2D eigenvalue weighted by molar-refractivity contribution is 0.174. The van der Waals surface area contributed by atoms with Gasteiger partial charge >= 0.3 is 0 Å². The lowest BCUT2D eigenvalue weighted by Crippen LogP contribution is -2.45. The van der Waals surface area contributed by atoms with E-state index in [2.05, 4.69) is 31.6 Å². The molecule has 2 aliphatic rings. The fraction of sp³-hybridized carbons (Fsp3) is 0.286. The summed E-state index contributed by atoms with van der Waals surface area (Å²) >= 11 is 1.33. The number of piperazine rings is 1. The lowest BCUT2D eigenvalue weighted by atomic mass is 10.1. The SMILES string of the molecule is OS(O)(Nc1nccs1)c1ccc(N2CCN(Cc3ccc4c(c3)OCO4)CC2)cc1. The average Bonchev–Trinajstić information content (AvgIpc) is 3.46. The van der Waals surface area contributed by atoms with Crippen molar-refractivity contribution in [2.75, 3.05) is 42.6 Å². The minimum absolute atomic E-state index is 0.298. The number of nitrogens with one attached hydrogen (secondary N) is 1. The van der Waals surface area contributed by atoms with Crippen molar-refractivity contribution in [3.05, 3.63) is 59.6 Å². The first kappa shape index (κ1) is 20.4. The predicted octanol–water partition coefficient (Wildman–Crippen LogP) is 4.33. The highest BCUT2D eigenvalue weighted by Gasteiger charge is 2.21. The van der Waals surface area contributed by atoms with Crippen LogP contribution in [0, 0.1) is 0 Å². The van der Waals surface area contributed by atoms with Crippen LogP contribution in [0.15, 0.2) is 58.9 Å². The molecule has 8 nitrogen and oxygen atoms in total. The van der Waals surface area contributed by atoms with Crippen molar-refractivity contribution < 1.29 is 18.6 Å². The van der Waals surface area contributed by atoms with E-state index in [1.54, 1.807) is 23.7 Å². The standard InChI is InChI=1S/C21H24N4O4S2/c26-31(27,23-21-22-7-12-30-21)18-4-2-17(3-5-18)25-10-8-24(9-11-25)14-16-1-6-19-20(13-16)29-15-28-19/h1-7,12-13,26-27H,8-11,14-15H2,(H,22,23). The third kappa shape index (κ3) is 4.58. The Labute approximate surface area is 186 Å². The van der Waals surface area contributed by atoms with Crippen molar-refractivity contribution in [3.63, 3.8) is 0 Å². The van der Waals surface area contributed by atoms with Crippen molar-refractivity contribution in [2.45, 2.75) is 11.4 Å². The Kier molecular flexibility index (Phi) is 5.63. The van der Waals surface area contributed by atoms with E-state index in [0.717, 1.165) is 49.9 Å². The number of aromatic nitrogens is 1. The molecule has 0 atom stereocenters. The summed E-state index contributed by atoms with van der Waals surface area (Å²) in [5, 5.41) is 2.27. The summed E-state index contributed by atoms with van der Waals surface area (Å²) < 4.78 is 34.5. The fourth-order valence-corrected chi connectivity index (χ4v) is 5.61. The van der Waals surface area contributed by atoms with Crippen molar-refractivity contribution >= 4 is 32.9 Å². The quantitative estimate of drug-likeness (QED) is 0.501. The minimum atomic E-state index is -3.13. The molecule has 1 saturated heterocycles. The van der Waals surface area contributed by atoms with Gasteiger partial charge in [-0.25, -0.2) is 4.98 Å². The molecule has 5 rings (SSSR count). The number of benzene rings is 2. The van der Waals surface area contributed by atoms with Crippen LogP contribution in [0.2, 0.25) is 0 Å². The van der Waals surface area contributed by atoms with Gasteiger partial charge in [0.2, 0.25) is 11.9 Å². The Morgan fingerprint density at radius 2 is 1.77 bits per heavy atom. The van der Waals surface area contributed by atoms with Gasteiger partial charge in [-0.15, -0.1) is 11.3 Å². The van der Waals surface area contributed by atoms with Crippen LogP contribution in [-0.2, 0) is 6.54 Å². The summed E-state index contributed by atoms with van der Waals surface area (Å²) in [6, 6.07) is 13.6. The summed E-state index contributed by atoms with van der Waals surface area (Å²) in [6.45, 7) is 4.92. The highest BCUT2D eigenvalue weighted by Crippen LogP contribution is 2.48. The molecule has 0 unspecified atom stereocenters. The molecule has 164 valence electrons. The van der Waals surface area contributed by atoms with Gasteiger partial charge in [-0.05, 0) is 42.0 Å². The number of nitrogens with zero attached hydrogens (tertiary/aromatic N) is 3. The Balaban J connectivity index is 1.17. The van der Waals surface area contributed by atoms with Gasteiger partial charge in [0, 0.05) is 50.0 Å². The van der Waals surface area contributed by atoms with Crippen LogP contribution >= 0.6 is 22.1 Å². The smallest absolute Gasteiger partial charge is 0.231 e. The predicted molar refractivity (Wildman–Crippen MR) is 123 cm³/mol. The molecule has 0 radical (unpaired) electrons. The van der Waals surface area contributed by atoms with Crippen molar-refractivity contribution in [1.29, 1.82) is 0 Å². The molecular weight excluding hydrogens is 436 g/mol. The maximum atomic E-state index is 10.4. The monoisotopic (exact) mass is 460 g/mol.